The topological polar surface area (TPSA) is 55.8 Å². The number of ketones is 2. The number of benzene rings is 1. The summed E-state index contributed by atoms with van der Waals surface area (Å²) in [5.74, 6) is 1.98. The van der Waals surface area contributed by atoms with Crippen LogP contribution < -0.4 is 9.47 Å². The number of ether oxygens (including phenoxy) is 2. The molecule has 5 heteroatoms. The summed E-state index contributed by atoms with van der Waals surface area (Å²) >= 11 is 0. The van der Waals surface area contributed by atoms with Crippen molar-refractivity contribution >= 4 is 11.6 Å². The van der Waals surface area contributed by atoms with E-state index >= 15 is 0 Å². The fourth-order valence-electron chi connectivity index (χ4n) is 6.06. The summed E-state index contributed by atoms with van der Waals surface area (Å²) in [6, 6.07) is 2.18. The average Bonchev–Trinajstić information content (AvgIpc) is 2.94. The van der Waals surface area contributed by atoms with Crippen LogP contribution in [0.15, 0.2) is 6.07 Å². The zero-order chi connectivity index (χ0) is 17.5. The summed E-state index contributed by atoms with van der Waals surface area (Å²) < 4.78 is 11.8. The van der Waals surface area contributed by atoms with Gasteiger partial charge in [0.2, 0.25) is 0 Å². The van der Waals surface area contributed by atoms with Crippen molar-refractivity contribution in [2.45, 2.75) is 50.2 Å². The molecule has 0 unspecified atom stereocenters. The summed E-state index contributed by atoms with van der Waals surface area (Å²) in [7, 11) is 3.77. The molecule has 2 heterocycles. The second-order valence-electron chi connectivity index (χ2n) is 8.02. The van der Waals surface area contributed by atoms with Gasteiger partial charge in [0.15, 0.2) is 29.2 Å². The molecule has 4 aliphatic rings. The van der Waals surface area contributed by atoms with Gasteiger partial charge in [-0.1, -0.05) is 0 Å². The quantitative estimate of drug-likeness (QED) is 0.772. The Morgan fingerprint density at radius 1 is 1.44 bits per heavy atom. The van der Waals surface area contributed by atoms with Crippen LogP contribution >= 0.6 is 0 Å². The minimum absolute atomic E-state index is 0.0530. The van der Waals surface area contributed by atoms with Gasteiger partial charge in [-0.2, -0.15) is 0 Å². The molecule has 4 atom stereocenters. The van der Waals surface area contributed by atoms with Gasteiger partial charge >= 0.3 is 0 Å². The van der Waals surface area contributed by atoms with Crippen molar-refractivity contribution in [2.24, 2.45) is 5.92 Å². The van der Waals surface area contributed by atoms with Crippen LogP contribution in [-0.4, -0.2) is 49.3 Å². The van der Waals surface area contributed by atoms with Crippen LogP contribution in [0, 0.1) is 5.92 Å². The maximum absolute atomic E-state index is 12.8. The maximum Gasteiger partial charge on any atom is 0.174 e. The summed E-state index contributed by atoms with van der Waals surface area (Å²) in [4.78, 5) is 27.5. The normalized spacial score (nSPS) is 35.2. The Hall–Kier alpha value is -1.88. The SMILES string of the molecule is COc1cc(C(C)=O)c2c3c1O[C@H]1C(=O)CC[C@H]4[C@@H](C2)N(C)CC[C@]314. The van der Waals surface area contributed by atoms with Gasteiger partial charge in [0.05, 0.1) is 7.11 Å². The molecule has 5 rings (SSSR count). The van der Waals surface area contributed by atoms with Crippen LogP contribution in [0.25, 0.3) is 0 Å². The lowest BCUT2D eigenvalue weighted by Gasteiger charge is -2.57. The minimum Gasteiger partial charge on any atom is -0.493 e. The van der Waals surface area contributed by atoms with Gasteiger partial charge in [0.25, 0.3) is 0 Å². The van der Waals surface area contributed by atoms with Gasteiger partial charge in [-0.05, 0) is 57.3 Å². The molecule has 5 nitrogen and oxygen atoms in total. The highest BCUT2D eigenvalue weighted by Gasteiger charge is 2.66. The molecule has 1 aromatic rings. The highest BCUT2D eigenvalue weighted by Crippen LogP contribution is 2.63. The van der Waals surface area contributed by atoms with E-state index < -0.39 is 6.10 Å². The average molecular weight is 341 g/mol. The monoisotopic (exact) mass is 341 g/mol. The molecule has 2 fully saturated rings. The lowest BCUT2D eigenvalue weighted by molar-refractivity contribution is -0.138. The Balaban J connectivity index is 1.86. The van der Waals surface area contributed by atoms with Crippen LogP contribution in [0.3, 0.4) is 0 Å². The number of hydrogen-bond acceptors (Lipinski definition) is 5. The van der Waals surface area contributed by atoms with Gasteiger partial charge in [0, 0.05) is 29.0 Å². The van der Waals surface area contributed by atoms with Crippen molar-refractivity contribution in [1.82, 2.24) is 4.90 Å². The molecule has 0 radical (unpaired) electrons. The summed E-state index contributed by atoms with van der Waals surface area (Å²) in [5, 5.41) is 0. The molecule has 1 saturated carbocycles. The van der Waals surface area contributed by atoms with Gasteiger partial charge in [-0.15, -0.1) is 0 Å². The number of Topliss-reactive ketones (excluding diaryl/α,β-unsaturated/α-hetero) is 2. The van der Waals surface area contributed by atoms with Crippen molar-refractivity contribution in [2.75, 3.05) is 20.7 Å². The lowest BCUT2D eigenvalue weighted by Crippen LogP contribution is -2.65. The molecular formula is C20H23NO4. The third-order valence-electron chi connectivity index (χ3n) is 7.10. The van der Waals surface area contributed by atoms with E-state index in [-0.39, 0.29) is 17.0 Å². The van der Waals surface area contributed by atoms with Gasteiger partial charge in [-0.3, -0.25) is 9.59 Å². The zero-order valence-electron chi connectivity index (χ0n) is 14.9. The number of likely N-dealkylation sites (tertiary alicyclic amines) is 1. The molecule has 2 aliphatic heterocycles. The van der Waals surface area contributed by atoms with E-state index in [9.17, 15) is 9.59 Å². The van der Waals surface area contributed by atoms with E-state index in [0.717, 1.165) is 48.2 Å². The Morgan fingerprint density at radius 2 is 2.24 bits per heavy atom. The number of likely N-dealkylation sites (N-methyl/N-ethyl adjacent to an activating group) is 1. The van der Waals surface area contributed by atoms with Crippen LogP contribution in [0.4, 0.5) is 0 Å². The second kappa shape index (κ2) is 4.85. The van der Waals surface area contributed by atoms with Gasteiger partial charge in [0.1, 0.15) is 0 Å². The fraction of sp³-hybridized carbons (Fsp3) is 0.600. The van der Waals surface area contributed by atoms with Crippen LogP contribution in [-0.2, 0) is 16.6 Å². The third-order valence-corrected chi connectivity index (χ3v) is 7.10. The number of carbonyl (C=O) groups excluding carboxylic acids is 2. The largest absolute Gasteiger partial charge is 0.493 e. The van der Waals surface area contributed by atoms with Crippen molar-refractivity contribution in [3.05, 3.63) is 22.8 Å². The van der Waals surface area contributed by atoms with Crippen molar-refractivity contribution in [3.8, 4) is 11.5 Å². The highest BCUT2D eigenvalue weighted by atomic mass is 16.5. The number of rotatable bonds is 2. The molecule has 25 heavy (non-hydrogen) atoms. The van der Waals surface area contributed by atoms with E-state index in [0.29, 0.717) is 24.1 Å². The van der Waals surface area contributed by atoms with Crippen LogP contribution in [0.1, 0.15) is 47.7 Å². The number of hydrogen-bond donors (Lipinski definition) is 0. The van der Waals surface area contributed by atoms with Crippen molar-refractivity contribution in [1.29, 1.82) is 0 Å². The molecule has 1 aromatic carbocycles. The molecule has 0 aromatic heterocycles. The zero-order valence-corrected chi connectivity index (χ0v) is 14.9. The third kappa shape index (κ3) is 1.67. The molecule has 2 bridgehead atoms. The molecule has 1 spiro atoms. The smallest absolute Gasteiger partial charge is 0.174 e. The Morgan fingerprint density at radius 3 is 2.96 bits per heavy atom. The first-order chi connectivity index (χ1) is 12.0. The van der Waals surface area contributed by atoms with Crippen molar-refractivity contribution in [3.63, 3.8) is 0 Å². The summed E-state index contributed by atoms with van der Waals surface area (Å²) in [6.07, 6.45) is 2.86. The molecule has 0 amide bonds. The Kier molecular flexibility index (Phi) is 2.98. The number of piperidine rings is 1. The maximum atomic E-state index is 12.8. The molecule has 2 aliphatic carbocycles. The molecule has 1 saturated heterocycles. The second-order valence-corrected chi connectivity index (χ2v) is 8.02. The van der Waals surface area contributed by atoms with Crippen molar-refractivity contribution < 1.29 is 19.1 Å². The highest BCUT2D eigenvalue weighted by molar-refractivity contribution is 5.98. The summed E-state index contributed by atoms with van der Waals surface area (Å²) in [5.41, 5.74) is 2.67. The van der Waals surface area contributed by atoms with Gasteiger partial charge < -0.3 is 14.4 Å². The number of methoxy groups -OCH3 is 1. The predicted octanol–water partition coefficient (Wildman–Crippen LogP) is 2.14. The predicted molar refractivity (Wildman–Crippen MR) is 91.6 cm³/mol. The van der Waals surface area contributed by atoms with E-state index in [1.54, 1.807) is 14.0 Å². The first-order valence-electron chi connectivity index (χ1n) is 9.14. The number of carbonyl (C=O) groups is 2. The Labute approximate surface area is 147 Å². The number of nitrogens with zero attached hydrogens (tertiary/aromatic N) is 1. The minimum atomic E-state index is -0.410. The standard InChI is InChI=1S/C20H23NO4/c1-10(22)11-9-16(24-3)18-17-12(11)8-14-13-4-5-15(23)19(25-18)20(13,17)6-7-21(14)2/h9,13-14,19H,4-8H2,1-3H3/t13-,14+,19-,20-/m0/s1. The fourth-order valence-corrected chi connectivity index (χ4v) is 6.06. The first kappa shape index (κ1) is 15.4. The van der Waals surface area contributed by atoms with E-state index in [1.807, 2.05) is 6.07 Å². The van der Waals surface area contributed by atoms with E-state index in [4.69, 9.17) is 9.47 Å². The first-order valence-corrected chi connectivity index (χ1v) is 9.14. The van der Waals surface area contributed by atoms with Gasteiger partial charge in [-0.25, -0.2) is 0 Å². The molecule has 132 valence electrons. The Bertz CT molecular complexity index is 816. The van der Waals surface area contributed by atoms with Crippen LogP contribution in [0.2, 0.25) is 0 Å². The lowest BCUT2D eigenvalue weighted by atomic mass is 9.51. The molecular weight excluding hydrogens is 318 g/mol. The van der Waals surface area contributed by atoms with Crippen LogP contribution in [0.5, 0.6) is 11.5 Å². The summed E-state index contributed by atoms with van der Waals surface area (Å²) in [6.45, 7) is 2.57. The molecule has 0 N–H and O–H groups in total. The van der Waals surface area contributed by atoms with E-state index in [2.05, 4.69) is 11.9 Å². The van der Waals surface area contributed by atoms with E-state index in [1.165, 1.54) is 0 Å².